The molecule has 1 amide bonds. The van der Waals surface area contributed by atoms with Gasteiger partial charge in [-0.15, -0.1) is 0 Å². The number of rotatable bonds is 8. The molecule has 2 aromatic carbocycles. The molecule has 32 heavy (non-hydrogen) atoms. The highest BCUT2D eigenvalue weighted by Crippen LogP contribution is 2.48. The van der Waals surface area contributed by atoms with Crippen molar-refractivity contribution in [3.05, 3.63) is 47.7 Å². The summed E-state index contributed by atoms with van der Waals surface area (Å²) in [7, 11) is 6.66. The van der Waals surface area contributed by atoms with Crippen LogP contribution in [0.4, 0.5) is 5.69 Å². The zero-order chi connectivity index (χ0) is 23.0. The minimum atomic E-state index is -0.811. The number of carbonyl (C=O) groups excluding carboxylic acids is 2. The number of aliphatic hydroxyl groups is 1. The highest BCUT2D eigenvalue weighted by atomic mass is 31.1. The molecule has 0 saturated carbocycles. The quantitative estimate of drug-likeness (QED) is 0.320. The Kier molecular flexibility index (Phi) is 6.42. The number of nitrogens with one attached hydrogen (secondary N) is 2. The van der Waals surface area contributed by atoms with Gasteiger partial charge in [0.25, 0.3) is 0 Å². The number of ether oxygens (including phenoxy) is 1. The zero-order valence-corrected chi connectivity index (χ0v) is 19.1. The van der Waals surface area contributed by atoms with Crippen molar-refractivity contribution >= 4 is 45.3 Å². The van der Waals surface area contributed by atoms with E-state index in [0.717, 1.165) is 16.5 Å². The van der Waals surface area contributed by atoms with Gasteiger partial charge in [-0.3, -0.25) is 4.79 Å². The summed E-state index contributed by atoms with van der Waals surface area (Å²) in [5.74, 6) is -0.984. The lowest BCUT2D eigenvalue weighted by molar-refractivity contribution is -0.162. The van der Waals surface area contributed by atoms with Gasteiger partial charge in [0.05, 0.1) is 18.1 Å². The van der Waals surface area contributed by atoms with Crippen LogP contribution in [0.5, 0.6) is 5.75 Å². The van der Waals surface area contributed by atoms with Crippen LogP contribution < -0.4 is 15.1 Å². The van der Waals surface area contributed by atoms with E-state index in [1.54, 1.807) is 6.92 Å². The molecule has 1 saturated heterocycles. The molecule has 0 spiro atoms. The van der Waals surface area contributed by atoms with Crippen molar-refractivity contribution in [2.45, 2.75) is 26.0 Å². The summed E-state index contributed by atoms with van der Waals surface area (Å²) in [6.45, 7) is 3.64. The highest BCUT2D eigenvalue weighted by molar-refractivity contribution is 7.32. The lowest BCUT2D eigenvalue weighted by atomic mass is 9.78. The number of aliphatic hydroxyl groups excluding tert-OH is 1. The fraction of sp³-hybridized carbons (Fsp3) is 0.364. The van der Waals surface area contributed by atoms with Crippen molar-refractivity contribution in [1.82, 2.24) is 9.90 Å². The van der Waals surface area contributed by atoms with Gasteiger partial charge in [-0.25, -0.2) is 4.79 Å². The second kappa shape index (κ2) is 9.10. The Labute approximate surface area is 189 Å². The van der Waals surface area contributed by atoms with Gasteiger partial charge >= 0.3 is 5.97 Å². The SMILES string of the molecule is [B]NPOC(=O)C1=C(COc2cccc3c(NC)cccc23)[C@H](C)[C@@H]2[C@@H]([C@@H](C)O)C(=O)N12. The fourth-order valence-corrected chi connectivity index (χ4v) is 4.98. The Morgan fingerprint density at radius 1 is 1.28 bits per heavy atom. The lowest BCUT2D eigenvalue weighted by Crippen LogP contribution is -2.63. The number of hydrogen-bond donors (Lipinski definition) is 3. The van der Waals surface area contributed by atoms with E-state index in [1.807, 2.05) is 50.4 Å². The van der Waals surface area contributed by atoms with Crippen LogP contribution in [0.3, 0.4) is 0 Å². The molecule has 1 unspecified atom stereocenters. The van der Waals surface area contributed by atoms with Crippen LogP contribution in [-0.2, 0) is 14.1 Å². The van der Waals surface area contributed by atoms with Crippen LogP contribution in [-0.4, -0.2) is 55.7 Å². The average Bonchev–Trinajstić information content (AvgIpc) is 3.03. The molecule has 2 aliphatic heterocycles. The van der Waals surface area contributed by atoms with Crippen molar-refractivity contribution in [2.24, 2.45) is 11.8 Å². The molecule has 3 N–H and O–H groups in total. The fourth-order valence-electron chi connectivity index (χ4n) is 4.73. The summed E-state index contributed by atoms with van der Waals surface area (Å²) in [6, 6.07) is 11.4. The van der Waals surface area contributed by atoms with Crippen molar-refractivity contribution in [3.8, 4) is 5.75 Å². The van der Waals surface area contributed by atoms with Crippen molar-refractivity contribution < 1.29 is 24.0 Å². The van der Waals surface area contributed by atoms with E-state index in [0.29, 0.717) is 11.3 Å². The molecule has 2 radical (unpaired) electrons. The Morgan fingerprint density at radius 2 is 2.00 bits per heavy atom. The summed E-state index contributed by atoms with van der Waals surface area (Å²) < 4.78 is 11.4. The van der Waals surface area contributed by atoms with Crippen LogP contribution >= 0.6 is 8.96 Å². The third-order valence-electron chi connectivity index (χ3n) is 6.25. The predicted molar refractivity (Wildman–Crippen MR) is 124 cm³/mol. The summed E-state index contributed by atoms with van der Waals surface area (Å²) in [4.78, 5) is 29.3. The normalized spacial score (nSPS) is 23.4. The van der Waals surface area contributed by atoms with E-state index >= 15 is 0 Å². The predicted octanol–water partition coefficient (Wildman–Crippen LogP) is 2.10. The number of β-lactam (4-membered cyclic amide) rings is 1. The second-order valence-corrected chi connectivity index (χ2v) is 8.66. The first-order valence-electron chi connectivity index (χ1n) is 10.4. The Bertz CT molecular complexity index is 1090. The third kappa shape index (κ3) is 3.64. The molecule has 1 fully saturated rings. The average molecular weight is 453 g/mol. The van der Waals surface area contributed by atoms with Gasteiger partial charge in [-0.1, -0.05) is 31.2 Å². The molecule has 0 aromatic heterocycles. The van der Waals surface area contributed by atoms with Gasteiger partial charge in [-0.05, 0) is 19.1 Å². The molecule has 8 nitrogen and oxygen atoms in total. The largest absolute Gasteiger partial charge is 0.488 e. The molecule has 2 aliphatic rings. The Morgan fingerprint density at radius 3 is 2.69 bits per heavy atom. The summed E-state index contributed by atoms with van der Waals surface area (Å²) in [5, 5.41) is 15.2. The van der Waals surface area contributed by atoms with Crippen molar-refractivity contribution in [2.75, 3.05) is 19.0 Å². The van der Waals surface area contributed by atoms with E-state index in [9.17, 15) is 14.7 Å². The standard InChI is InChI=1S/C22H25BN3O5P/c1-11-15(10-30-17-9-5-6-13-14(17)7-4-8-16(13)24-3)20(22(29)31-32-25-23)26-19(11)18(12(2)27)21(26)28/h4-9,11-12,18-19,24-25,27,32H,10H2,1-3H3/t11-,12+,18+,19+/m0/s1. The molecule has 0 aliphatic carbocycles. The molecule has 0 bridgehead atoms. The minimum absolute atomic E-state index is 0.112. The van der Waals surface area contributed by atoms with Crippen LogP contribution in [0.1, 0.15) is 13.8 Å². The second-order valence-electron chi connectivity index (χ2n) is 7.96. The Hall–Kier alpha value is -2.61. The molecule has 5 atom stereocenters. The summed E-state index contributed by atoms with van der Waals surface area (Å²) in [5.41, 5.74) is 1.83. The number of nitrogens with zero attached hydrogens (tertiary/aromatic N) is 1. The molecular formula is C22H25BN3O5P. The number of benzene rings is 2. The first kappa shape index (κ1) is 22.6. The van der Waals surface area contributed by atoms with Gasteiger partial charge in [-0.2, -0.15) is 0 Å². The van der Waals surface area contributed by atoms with Crippen LogP contribution in [0.25, 0.3) is 10.8 Å². The number of carbonyl (C=O) groups is 2. The first-order chi connectivity index (χ1) is 15.4. The maximum Gasteiger partial charge on any atom is 0.358 e. The summed E-state index contributed by atoms with van der Waals surface area (Å²) >= 11 is 0. The first-order valence-corrected chi connectivity index (χ1v) is 11.3. The molecule has 4 rings (SSSR count). The summed E-state index contributed by atoms with van der Waals surface area (Å²) in [6.07, 6.45) is -0.811. The van der Waals surface area contributed by atoms with Gasteiger partial charge in [0.1, 0.15) is 27.0 Å². The highest BCUT2D eigenvalue weighted by Gasteiger charge is 2.60. The van der Waals surface area contributed by atoms with Crippen LogP contribution in [0, 0.1) is 11.8 Å². The number of amides is 1. The van der Waals surface area contributed by atoms with Crippen LogP contribution in [0.2, 0.25) is 0 Å². The maximum absolute atomic E-state index is 12.8. The third-order valence-corrected chi connectivity index (χ3v) is 6.65. The van der Waals surface area contributed by atoms with E-state index in [-0.39, 0.29) is 30.2 Å². The molecule has 2 aromatic rings. The zero-order valence-electron chi connectivity index (χ0n) is 18.1. The molecular weight excluding hydrogens is 428 g/mol. The number of fused-ring (bicyclic) bond motifs is 2. The molecule has 166 valence electrons. The topological polar surface area (TPSA) is 100 Å². The molecule has 2 heterocycles. The maximum atomic E-state index is 12.8. The van der Waals surface area contributed by atoms with Crippen LogP contribution in [0.15, 0.2) is 47.7 Å². The van der Waals surface area contributed by atoms with Gasteiger partial charge < -0.3 is 29.6 Å². The van der Waals surface area contributed by atoms with Gasteiger partial charge in [0.2, 0.25) is 5.91 Å². The lowest BCUT2D eigenvalue weighted by Gasteiger charge is -2.46. The number of anilines is 1. The minimum Gasteiger partial charge on any atom is -0.488 e. The van der Waals surface area contributed by atoms with E-state index in [1.165, 1.54) is 4.90 Å². The monoisotopic (exact) mass is 453 g/mol. The van der Waals surface area contributed by atoms with E-state index < -0.39 is 26.9 Å². The van der Waals surface area contributed by atoms with Gasteiger partial charge in [0.15, 0.2) is 7.98 Å². The smallest absolute Gasteiger partial charge is 0.358 e. The number of hydrogen-bond acceptors (Lipinski definition) is 7. The van der Waals surface area contributed by atoms with Crippen molar-refractivity contribution in [3.63, 3.8) is 0 Å². The van der Waals surface area contributed by atoms with E-state index in [4.69, 9.17) is 17.2 Å². The van der Waals surface area contributed by atoms with E-state index in [2.05, 4.69) is 10.3 Å². The Balaban J connectivity index is 1.66. The molecule has 10 heteroatoms. The van der Waals surface area contributed by atoms with Gasteiger partial charge in [0, 0.05) is 35.0 Å². The van der Waals surface area contributed by atoms with Crippen molar-refractivity contribution in [1.29, 1.82) is 0 Å².